The van der Waals surface area contributed by atoms with E-state index in [-0.39, 0.29) is 0 Å². The molecule has 1 heteroatoms. The summed E-state index contributed by atoms with van der Waals surface area (Å²) in [5.41, 5.74) is 4.93. The molecule has 0 unspecified atom stereocenters. The molecule has 86 valence electrons. The van der Waals surface area contributed by atoms with Crippen molar-refractivity contribution in [3.8, 4) is 0 Å². The van der Waals surface area contributed by atoms with Crippen molar-refractivity contribution in [2.24, 2.45) is 0 Å². The number of hydrogen-bond acceptors (Lipinski definition) is 1. The zero-order chi connectivity index (χ0) is 11.9. The first-order valence-corrected chi connectivity index (χ1v) is 6.18. The molecular weight excluding hydrogens is 220 g/mol. The third-order valence-electron chi connectivity index (χ3n) is 3.60. The van der Waals surface area contributed by atoms with Crippen LogP contribution in [-0.4, -0.2) is 0 Å². The number of hydrogen-bond donors (Lipinski definition) is 0. The summed E-state index contributed by atoms with van der Waals surface area (Å²) >= 11 is 0. The second-order valence-corrected chi connectivity index (χ2v) is 4.64. The molecule has 2 aliphatic carbocycles. The van der Waals surface area contributed by atoms with Gasteiger partial charge in [-0.3, -0.25) is 0 Å². The van der Waals surface area contributed by atoms with E-state index in [0.717, 1.165) is 12.0 Å². The smallest absolute Gasteiger partial charge is 0.0986 e. The van der Waals surface area contributed by atoms with Crippen LogP contribution in [-0.2, 0) is 4.74 Å². The Hall–Kier alpha value is -2.28. The molecule has 0 N–H and O–H groups in total. The number of allylic oxidation sites excluding steroid dienone is 6. The van der Waals surface area contributed by atoms with Gasteiger partial charge in [-0.1, -0.05) is 48.6 Å². The first-order chi connectivity index (χ1) is 8.93. The van der Waals surface area contributed by atoms with Gasteiger partial charge in [-0.2, -0.15) is 0 Å². The van der Waals surface area contributed by atoms with E-state index in [1.54, 1.807) is 0 Å². The third kappa shape index (κ3) is 1.28. The second kappa shape index (κ2) is 3.61. The predicted octanol–water partition coefficient (Wildman–Crippen LogP) is 2.49. The highest BCUT2D eigenvalue weighted by Crippen LogP contribution is 2.27. The lowest BCUT2D eigenvalue weighted by atomic mass is 9.95. The summed E-state index contributed by atoms with van der Waals surface area (Å²) < 4.78 is 5.58. The monoisotopic (exact) mass is 232 g/mol. The Balaban J connectivity index is 2.10. The van der Waals surface area contributed by atoms with Crippen LogP contribution >= 0.6 is 0 Å². The van der Waals surface area contributed by atoms with Gasteiger partial charge in [0.2, 0.25) is 0 Å². The molecule has 1 aromatic rings. The Morgan fingerprint density at radius 2 is 2.00 bits per heavy atom. The molecule has 18 heavy (non-hydrogen) atoms. The molecule has 0 radical (unpaired) electrons. The van der Waals surface area contributed by atoms with E-state index in [4.69, 9.17) is 4.74 Å². The molecule has 0 amide bonds. The highest BCUT2D eigenvalue weighted by molar-refractivity contribution is 5.87. The lowest BCUT2D eigenvalue weighted by molar-refractivity contribution is 0.459. The predicted molar refractivity (Wildman–Crippen MR) is 74.6 cm³/mol. The molecular formula is C17H12O. The summed E-state index contributed by atoms with van der Waals surface area (Å²) in [5.74, 6) is 0. The van der Waals surface area contributed by atoms with Crippen molar-refractivity contribution >= 4 is 24.0 Å². The van der Waals surface area contributed by atoms with Crippen LogP contribution in [0.4, 0.5) is 0 Å². The third-order valence-corrected chi connectivity index (χ3v) is 3.60. The van der Waals surface area contributed by atoms with Gasteiger partial charge in [0, 0.05) is 10.8 Å². The number of benzene rings is 1. The van der Waals surface area contributed by atoms with Gasteiger partial charge in [-0.25, -0.2) is 0 Å². The van der Waals surface area contributed by atoms with Gasteiger partial charge in [0.25, 0.3) is 0 Å². The van der Waals surface area contributed by atoms with Crippen LogP contribution < -0.4 is 10.4 Å². The van der Waals surface area contributed by atoms with Crippen molar-refractivity contribution in [1.82, 2.24) is 0 Å². The summed E-state index contributed by atoms with van der Waals surface area (Å²) in [6.45, 7) is 0. The maximum Gasteiger partial charge on any atom is 0.0986 e. The summed E-state index contributed by atoms with van der Waals surface area (Å²) in [7, 11) is 0. The van der Waals surface area contributed by atoms with Crippen molar-refractivity contribution in [2.75, 3.05) is 0 Å². The molecule has 0 saturated heterocycles. The Labute approximate surface area is 105 Å². The number of fused-ring (bicyclic) bond motifs is 5. The number of rotatable bonds is 0. The van der Waals surface area contributed by atoms with Crippen LogP contribution in [0.3, 0.4) is 0 Å². The van der Waals surface area contributed by atoms with Crippen molar-refractivity contribution in [2.45, 2.75) is 6.42 Å². The van der Waals surface area contributed by atoms with E-state index >= 15 is 0 Å². The maximum absolute atomic E-state index is 5.58. The van der Waals surface area contributed by atoms with Crippen molar-refractivity contribution in [3.63, 3.8) is 0 Å². The summed E-state index contributed by atoms with van der Waals surface area (Å²) in [5, 5.41) is 2.48. The molecule has 0 bridgehead atoms. The summed E-state index contributed by atoms with van der Waals surface area (Å²) in [6, 6.07) is 4.38. The zero-order valence-electron chi connectivity index (χ0n) is 9.89. The minimum absolute atomic E-state index is 0.995. The highest BCUT2D eigenvalue weighted by atomic mass is 16.5. The molecule has 1 nitrogen and oxygen atoms in total. The van der Waals surface area contributed by atoms with Crippen LogP contribution in [0.2, 0.25) is 0 Å². The maximum atomic E-state index is 5.58. The zero-order valence-corrected chi connectivity index (χ0v) is 9.89. The van der Waals surface area contributed by atoms with Gasteiger partial charge in [0.05, 0.1) is 12.5 Å². The largest absolute Gasteiger partial charge is 0.471 e. The average molecular weight is 232 g/mol. The van der Waals surface area contributed by atoms with Crippen LogP contribution in [0.15, 0.2) is 48.3 Å². The Morgan fingerprint density at radius 1 is 1.00 bits per heavy atom. The molecule has 1 aliphatic heterocycles. The van der Waals surface area contributed by atoms with Crippen molar-refractivity contribution in [3.05, 3.63) is 69.8 Å². The Morgan fingerprint density at radius 3 is 3.00 bits per heavy atom. The molecule has 4 rings (SSSR count). The average Bonchev–Trinajstić information content (AvgIpc) is 2.80. The second-order valence-electron chi connectivity index (χ2n) is 4.64. The van der Waals surface area contributed by atoms with E-state index in [2.05, 4.69) is 48.6 Å². The molecule has 1 heterocycles. The van der Waals surface area contributed by atoms with Crippen molar-refractivity contribution in [1.29, 1.82) is 0 Å². The van der Waals surface area contributed by atoms with Crippen LogP contribution in [0, 0.1) is 0 Å². The van der Waals surface area contributed by atoms with E-state index < -0.39 is 0 Å². The standard InChI is InChI=1S/C17H12O/c1-2-6-14-12(4-1)8-9-16-15-7-3-5-13(15)10-18-11-17(14)16/h1,3-11H,2H2. The fourth-order valence-electron chi connectivity index (χ4n) is 2.73. The van der Waals surface area contributed by atoms with Crippen LogP contribution in [0.1, 0.15) is 17.5 Å². The van der Waals surface area contributed by atoms with Gasteiger partial charge in [-0.05, 0) is 28.3 Å². The fraction of sp³-hybridized carbons (Fsp3) is 0.0588. The lowest BCUT2D eigenvalue weighted by Gasteiger charge is -2.08. The van der Waals surface area contributed by atoms with Gasteiger partial charge in [0.15, 0.2) is 0 Å². The van der Waals surface area contributed by atoms with E-state index in [1.165, 1.54) is 27.1 Å². The quantitative estimate of drug-likeness (QED) is 0.667. The molecule has 0 atom stereocenters. The molecule has 0 fully saturated rings. The van der Waals surface area contributed by atoms with E-state index in [0.29, 0.717) is 0 Å². The first kappa shape index (κ1) is 9.72. The van der Waals surface area contributed by atoms with E-state index in [9.17, 15) is 0 Å². The minimum Gasteiger partial charge on any atom is -0.471 e. The van der Waals surface area contributed by atoms with Gasteiger partial charge in [-0.15, -0.1) is 0 Å². The SMILES string of the molecule is C1=CC2=COC=c3c(ccc4c3=CCC=C4)C2=C1. The first-order valence-electron chi connectivity index (χ1n) is 6.18. The molecule has 0 aromatic heterocycles. The van der Waals surface area contributed by atoms with Gasteiger partial charge in [0.1, 0.15) is 0 Å². The number of ether oxygens (including phenoxy) is 1. The van der Waals surface area contributed by atoms with Gasteiger partial charge < -0.3 is 4.74 Å². The van der Waals surface area contributed by atoms with Crippen LogP contribution in [0.25, 0.3) is 24.0 Å². The molecule has 0 saturated carbocycles. The summed E-state index contributed by atoms with van der Waals surface area (Å²) in [4.78, 5) is 0. The lowest BCUT2D eigenvalue weighted by Crippen LogP contribution is -2.31. The fourth-order valence-corrected chi connectivity index (χ4v) is 2.73. The summed E-state index contributed by atoms with van der Waals surface area (Å²) in [6.07, 6.45) is 17.6. The Bertz CT molecular complexity index is 771. The molecule has 1 aromatic carbocycles. The van der Waals surface area contributed by atoms with Crippen molar-refractivity contribution < 1.29 is 4.74 Å². The normalized spacial score (nSPS) is 18.2. The molecule has 3 aliphatic rings. The van der Waals surface area contributed by atoms with E-state index in [1.807, 2.05) is 12.5 Å². The van der Waals surface area contributed by atoms with Gasteiger partial charge >= 0.3 is 0 Å². The molecule has 0 spiro atoms. The topological polar surface area (TPSA) is 9.23 Å². The van der Waals surface area contributed by atoms with Crippen LogP contribution in [0.5, 0.6) is 0 Å². The Kier molecular flexibility index (Phi) is 1.95. The highest BCUT2D eigenvalue weighted by Gasteiger charge is 2.15. The minimum atomic E-state index is 0.995.